The van der Waals surface area contributed by atoms with Crippen molar-refractivity contribution in [2.75, 3.05) is 0 Å². The fraction of sp³-hybridized carbons (Fsp3) is 0.850. The number of hydrazine groups is 1. The lowest BCUT2D eigenvalue weighted by Gasteiger charge is -2.06. The van der Waals surface area contributed by atoms with E-state index in [-0.39, 0.29) is 11.8 Å². The van der Waals surface area contributed by atoms with Gasteiger partial charge in [0.05, 0.1) is 0 Å². The van der Waals surface area contributed by atoms with Crippen molar-refractivity contribution in [2.24, 2.45) is 0 Å². The minimum Gasteiger partial charge on any atom is -0.481 e. The van der Waals surface area contributed by atoms with E-state index in [0.29, 0.717) is 19.3 Å². The molecule has 0 aromatic carbocycles. The molecule has 0 atom stereocenters. The van der Waals surface area contributed by atoms with Crippen LogP contribution in [-0.2, 0) is 14.4 Å². The summed E-state index contributed by atoms with van der Waals surface area (Å²) < 4.78 is 0. The van der Waals surface area contributed by atoms with Gasteiger partial charge in [-0.25, -0.2) is 0 Å². The van der Waals surface area contributed by atoms with Crippen molar-refractivity contribution >= 4 is 17.8 Å². The Labute approximate surface area is 158 Å². The van der Waals surface area contributed by atoms with E-state index < -0.39 is 5.97 Å². The zero-order valence-corrected chi connectivity index (χ0v) is 16.5. The van der Waals surface area contributed by atoms with Crippen LogP contribution in [0.4, 0.5) is 0 Å². The summed E-state index contributed by atoms with van der Waals surface area (Å²) in [5.41, 5.74) is 4.87. The van der Waals surface area contributed by atoms with E-state index in [1.807, 2.05) is 6.92 Å². The molecule has 0 unspecified atom stereocenters. The second-order valence-electron chi connectivity index (χ2n) is 6.98. The molecular formula is C20H38N2O4. The van der Waals surface area contributed by atoms with E-state index in [9.17, 15) is 14.4 Å². The van der Waals surface area contributed by atoms with Crippen LogP contribution in [-0.4, -0.2) is 22.9 Å². The summed E-state index contributed by atoms with van der Waals surface area (Å²) >= 11 is 0. The molecule has 2 amide bonds. The molecule has 0 rings (SSSR count). The fourth-order valence-electron chi connectivity index (χ4n) is 2.82. The minimum atomic E-state index is -0.690. The molecule has 0 heterocycles. The summed E-state index contributed by atoms with van der Waals surface area (Å²) in [5.74, 6) is -0.941. The van der Waals surface area contributed by atoms with E-state index in [4.69, 9.17) is 5.11 Å². The summed E-state index contributed by atoms with van der Waals surface area (Å²) in [6, 6.07) is 0. The van der Waals surface area contributed by atoms with Crippen LogP contribution in [0.2, 0.25) is 0 Å². The second-order valence-corrected chi connectivity index (χ2v) is 6.98. The topological polar surface area (TPSA) is 95.5 Å². The van der Waals surface area contributed by atoms with E-state index >= 15 is 0 Å². The molecule has 0 radical (unpaired) electrons. The Kier molecular flexibility index (Phi) is 17.1. The quantitative estimate of drug-likeness (QED) is 0.260. The summed E-state index contributed by atoms with van der Waals surface area (Å²) in [5, 5.41) is 8.54. The average Bonchev–Trinajstić information content (AvgIpc) is 2.60. The molecule has 0 fully saturated rings. The number of nitrogens with one attached hydrogen (secondary N) is 2. The molecule has 26 heavy (non-hydrogen) atoms. The zero-order chi connectivity index (χ0) is 19.5. The molecule has 0 aliphatic rings. The Morgan fingerprint density at radius 3 is 1.31 bits per heavy atom. The van der Waals surface area contributed by atoms with Crippen LogP contribution in [0.3, 0.4) is 0 Å². The molecule has 6 nitrogen and oxygen atoms in total. The molecule has 6 heteroatoms. The lowest BCUT2D eigenvalue weighted by Crippen LogP contribution is -2.41. The third kappa shape index (κ3) is 18.7. The number of carboxylic acid groups (broad SMARTS) is 1. The smallest absolute Gasteiger partial charge is 0.303 e. The van der Waals surface area contributed by atoms with Crippen molar-refractivity contribution in [3.8, 4) is 0 Å². The van der Waals surface area contributed by atoms with Gasteiger partial charge in [0.1, 0.15) is 0 Å². The van der Waals surface area contributed by atoms with Gasteiger partial charge in [-0.3, -0.25) is 25.2 Å². The van der Waals surface area contributed by atoms with Crippen LogP contribution >= 0.6 is 0 Å². The lowest BCUT2D eigenvalue weighted by atomic mass is 10.0. The Balaban J connectivity index is 3.20. The van der Waals surface area contributed by atoms with Crippen molar-refractivity contribution in [1.29, 1.82) is 0 Å². The molecular weight excluding hydrogens is 332 g/mol. The number of amides is 2. The first-order chi connectivity index (χ1) is 12.6. The summed E-state index contributed by atoms with van der Waals surface area (Å²) in [4.78, 5) is 33.1. The van der Waals surface area contributed by atoms with Gasteiger partial charge in [-0.05, 0) is 19.3 Å². The van der Waals surface area contributed by atoms with Gasteiger partial charge in [0.15, 0.2) is 0 Å². The normalized spacial score (nSPS) is 10.5. The maximum absolute atomic E-state index is 11.5. The van der Waals surface area contributed by atoms with Gasteiger partial charge in [0.2, 0.25) is 11.8 Å². The van der Waals surface area contributed by atoms with Gasteiger partial charge in [0, 0.05) is 19.3 Å². The summed E-state index contributed by atoms with van der Waals surface area (Å²) in [7, 11) is 0. The molecule has 0 aromatic heterocycles. The van der Waals surface area contributed by atoms with Crippen molar-refractivity contribution in [3.63, 3.8) is 0 Å². The highest BCUT2D eigenvalue weighted by atomic mass is 16.4. The largest absolute Gasteiger partial charge is 0.481 e. The predicted molar refractivity (Wildman–Crippen MR) is 103 cm³/mol. The number of unbranched alkanes of at least 4 members (excludes halogenated alkanes) is 11. The molecule has 0 aliphatic heterocycles. The van der Waals surface area contributed by atoms with E-state index in [2.05, 4.69) is 10.9 Å². The van der Waals surface area contributed by atoms with Crippen LogP contribution in [0.5, 0.6) is 0 Å². The molecule has 3 N–H and O–H groups in total. The van der Waals surface area contributed by atoms with Crippen molar-refractivity contribution in [3.05, 3.63) is 0 Å². The molecule has 0 saturated heterocycles. The highest BCUT2D eigenvalue weighted by molar-refractivity contribution is 5.81. The monoisotopic (exact) mass is 370 g/mol. The van der Waals surface area contributed by atoms with Gasteiger partial charge in [-0.15, -0.1) is 0 Å². The molecule has 0 aromatic rings. The SMILES string of the molecule is CCCC(=O)NNC(=O)CCCCCCCCCCCCCCC(=O)O. The second kappa shape index (κ2) is 18.2. The predicted octanol–water partition coefficient (Wildman–Crippen LogP) is 4.48. The number of carboxylic acids is 1. The van der Waals surface area contributed by atoms with Crippen LogP contribution in [0, 0.1) is 0 Å². The van der Waals surface area contributed by atoms with Gasteiger partial charge >= 0.3 is 5.97 Å². The minimum absolute atomic E-state index is 0.113. The van der Waals surface area contributed by atoms with Gasteiger partial charge in [0.25, 0.3) is 0 Å². The average molecular weight is 371 g/mol. The Hall–Kier alpha value is -1.59. The Morgan fingerprint density at radius 2 is 0.923 bits per heavy atom. The first kappa shape index (κ1) is 24.4. The molecule has 0 bridgehead atoms. The molecule has 0 aliphatic carbocycles. The highest BCUT2D eigenvalue weighted by Gasteiger charge is 2.03. The third-order valence-corrected chi connectivity index (χ3v) is 4.36. The van der Waals surface area contributed by atoms with Crippen molar-refractivity contribution in [1.82, 2.24) is 10.9 Å². The summed E-state index contributed by atoms with van der Waals surface area (Å²) in [6.07, 6.45) is 15.5. The van der Waals surface area contributed by atoms with Gasteiger partial charge in [-0.2, -0.15) is 0 Å². The van der Waals surface area contributed by atoms with E-state index in [0.717, 1.165) is 44.9 Å². The maximum Gasteiger partial charge on any atom is 0.303 e. The van der Waals surface area contributed by atoms with Crippen molar-refractivity contribution in [2.45, 2.75) is 110 Å². The van der Waals surface area contributed by atoms with Crippen LogP contribution in [0.1, 0.15) is 110 Å². The maximum atomic E-state index is 11.5. The molecule has 152 valence electrons. The Bertz CT molecular complexity index is 386. The van der Waals surface area contributed by atoms with E-state index in [1.54, 1.807) is 0 Å². The number of aliphatic carboxylic acids is 1. The van der Waals surface area contributed by atoms with Crippen LogP contribution < -0.4 is 10.9 Å². The fourth-order valence-corrected chi connectivity index (χ4v) is 2.82. The number of carbonyl (C=O) groups is 3. The Morgan fingerprint density at radius 1 is 0.577 bits per heavy atom. The third-order valence-electron chi connectivity index (χ3n) is 4.36. The first-order valence-corrected chi connectivity index (χ1v) is 10.4. The number of carbonyl (C=O) groups excluding carboxylic acids is 2. The molecule has 0 spiro atoms. The van der Waals surface area contributed by atoms with Gasteiger partial charge in [-0.1, -0.05) is 71.1 Å². The molecule has 0 saturated carbocycles. The summed E-state index contributed by atoms with van der Waals surface area (Å²) in [6.45, 7) is 1.92. The van der Waals surface area contributed by atoms with E-state index in [1.165, 1.54) is 38.5 Å². The standard InChI is InChI=1S/C20H38N2O4/c1-2-15-18(23)21-22-19(24)16-13-11-9-7-5-3-4-6-8-10-12-14-17-20(25)26/h2-17H2,1H3,(H,21,23)(H,22,24)(H,25,26). The highest BCUT2D eigenvalue weighted by Crippen LogP contribution is 2.12. The zero-order valence-electron chi connectivity index (χ0n) is 16.5. The lowest BCUT2D eigenvalue weighted by molar-refractivity contribution is -0.137. The number of hydrogen-bond donors (Lipinski definition) is 3. The first-order valence-electron chi connectivity index (χ1n) is 10.4. The van der Waals surface area contributed by atoms with Gasteiger partial charge < -0.3 is 5.11 Å². The number of hydrogen-bond acceptors (Lipinski definition) is 3. The van der Waals surface area contributed by atoms with Crippen LogP contribution in [0.25, 0.3) is 0 Å². The number of rotatable bonds is 17. The van der Waals surface area contributed by atoms with Crippen LogP contribution in [0.15, 0.2) is 0 Å². The van der Waals surface area contributed by atoms with Crippen molar-refractivity contribution < 1.29 is 19.5 Å².